The van der Waals surface area contributed by atoms with E-state index in [4.69, 9.17) is 11.6 Å². The zero-order valence-corrected chi connectivity index (χ0v) is 21.5. The second-order valence-electron chi connectivity index (χ2n) is 9.78. The molecule has 2 aromatic carbocycles. The van der Waals surface area contributed by atoms with E-state index in [0.29, 0.717) is 29.9 Å². The highest BCUT2D eigenvalue weighted by atomic mass is 35.5. The van der Waals surface area contributed by atoms with Crippen LogP contribution in [-0.4, -0.2) is 58.7 Å². The Labute approximate surface area is 224 Å². The Bertz CT molecular complexity index is 1500. The van der Waals surface area contributed by atoms with Gasteiger partial charge in [0.2, 0.25) is 5.28 Å². The number of anilines is 1. The number of aliphatic hydroxyl groups excluding tert-OH is 2. The summed E-state index contributed by atoms with van der Waals surface area (Å²) in [6, 6.07) is 20.2. The second kappa shape index (κ2) is 10.2. The maximum absolute atomic E-state index is 11.0. The minimum Gasteiger partial charge on any atom is -0.390 e. The van der Waals surface area contributed by atoms with Crippen molar-refractivity contribution < 1.29 is 10.2 Å². The number of benzene rings is 2. The molecule has 1 saturated carbocycles. The molecule has 3 aromatic heterocycles. The summed E-state index contributed by atoms with van der Waals surface area (Å²) >= 11 is 6.38. The van der Waals surface area contributed by atoms with Crippen molar-refractivity contribution in [3.05, 3.63) is 101 Å². The van der Waals surface area contributed by atoms with E-state index in [1.54, 1.807) is 17.1 Å². The number of aromatic nitrogens is 6. The van der Waals surface area contributed by atoms with Gasteiger partial charge in [-0.15, -0.1) is 0 Å². The summed E-state index contributed by atoms with van der Waals surface area (Å²) < 4.78 is 1.79. The van der Waals surface area contributed by atoms with Crippen LogP contribution in [0.5, 0.6) is 0 Å². The van der Waals surface area contributed by atoms with Crippen LogP contribution < -0.4 is 5.32 Å². The van der Waals surface area contributed by atoms with Gasteiger partial charge in [0.1, 0.15) is 6.10 Å². The molecule has 10 heteroatoms. The highest BCUT2D eigenvalue weighted by Crippen LogP contribution is 2.43. The van der Waals surface area contributed by atoms with Crippen molar-refractivity contribution in [2.24, 2.45) is 0 Å². The number of nitrogens with zero attached hydrogens (tertiary/aromatic N) is 5. The van der Waals surface area contributed by atoms with Gasteiger partial charge in [0.15, 0.2) is 17.0 Å². The van der Waals surface area contributed by atoms with Crippen molar-refractivity contribution in [3.8, 4) is 0 Å². The quantitative estimate of drug-likeness (QED) is 0.233. The van der Waals surface area contributed by atoms with Gasteiger partial charge in [0, 0.05) is 24.1 Å². The molecule has 0 bridgehead atoms. The topological polar surface area (TPSA) is 125 Å². The van der Waals surface area contributed by atoms with E-state index >= 15 is 0 Å². The number of aromatic amines is 1. The van der Waals surface area contributed by atoms with E-state index in [0.717, 1.165) is 11.3 Å². The van der Waals surface area contributed by atoms with Crippen LogP contribution in [0.25, 0.3) is 11.2 Å². The normalized spacial score (nSPS) is 21.4. The van der Waals surface area contributed by atoms with Gasteiger partial charge in [-0.1, -0.05) is 60.7 Å². The summed E-state index contributed by atoms with van der Waals surface area (Å²) in [7, 11) is 0. The number of rotatable bonds is 7. The van der Waals surface area contributed by atoms with Crippen LogP contribution in [0.15, 0.2) is 73.2 Å². The molecule has 4 atom stereocenters. The average Bonchev–Trinajstić information content (AvgIpc) is 3.63. The first-order valence-electron chi connectivity index (χ1n) is 12.6. The van der Waals surface area contributed by atoms with Crippen LogP contribution in [0.1, 0.15) is 46.7 Å². The summed E-state index contributed by atoms with van der Waals surface area (Å²) in [6.07, 6.45) is 1.88. The van der Waals surface area contributed by atoms with Gasteiger partial charge < -0.3 is 20.1 Å². The summed E-state index contributed by atoms with van der Waals surface area (Å²) in [5, 5.41) is 32.4. The lowest BCUT2D eigenvalue weighted by molar-refractivity contribution is 0.0173. The highest BCUT2D eigenvalue weighted by Gasteiger charge is 2.45. The number of hydrogen-bond acceptors (Lipinski definition) is 7. The maximum atomic E-state index is 11.0. The fourth-order valence-corrected chi connectivity index (χ4v) is 5.72. The number of H-pyrrole nitrogens is 1. The molecule has 0 saturated heterocycles. The first kappa shape index (κ1) is 24.5. The first-order valence-corrected chi connectivity index (χ1v) is 13.0. The number of imidazole rings is 1. The summed E-state index contributed by atoms with van der Waals surface area (Å²) in [5.74, 6) is 0.306. The molecular weight excluding hydrogens is 502 g/mol. The van der Waals surface area contributed by atoms with E-state index < -0.39 is 18.2 Å². The fourth-order valence-electron chi connectivity index (χ4n) is 5.56. The van der Waals surface area contributed by atoms with Crippen molar-refractivity contribution in [2.75, 3.05) is 11.9 Å². The minimum atomic E-state index is -1.01. The number of aryl methyl sites for hydroxylation is 1. The summed E-state index contributed by atoms with van der Waals surface area (Å²) in [4.78, 5) is 13.5. The molecule has 0 unspecified atom stereocenters. The van der Waals surface area contributed by atoms with Gasteiger partial charge in [0.25, 0.3) is 0 Å². The monoisotopic (exact) mass is 529 g/mol. The molecule has 0 radical (unpaired) electrons. The molecule has 3 heterocycles. The SMILES string of the molecule is Cc1cn[nH]c1[C@@H]1C[C@@H](n2cnc3c(NCC(c4ccccc4)c4ccccc4)nc(Cl)nc32)[C@H](O)[C@@H]1O. The smallest absolute Gasteiger partial charge is 0.226 e. The molecule has 38 heavy (non-hydrogen) atoms. The van der Waals surface area contributed by atoms with E-state index in [9.17, 15) is 10.2 Å². The molecule has 0 amide bonds. The van der Waals surface area contributed by atoms with E-state index in [2.05, 4.69) is 54.7 Å². The van der Waals surface area contributed by atoms with Crippen LogP contribution in [-0.2, 0) is 0 Å². The lowest BCUT2D eigenvalue weighted by Gasteiger charge is -2.20. The Morgan fingerprint density at radius 2 is 1.71 bits per heavy atom. The van der Waals surface area contributed by atoms with E-state index in [1.807, 2.05) is 43.3 Å². The number of halogens is 1. The van der Waals surface area contributed by atoms with Gasteiger partial charge in [-0.2, -0.15) is 15.1 Å². The Morgan fingerprint density at radius 1 is 1.03 bits per heavy atom. The number of hydrogen-bond donors (Lipinski definition) is 4. The first-order chi connectivity index (χ1) is 18.5. The third-order valence-corrected chi connectivity index (χ3v) is 7.69. The molecule has 9 nitrogen and oxygen atoms in total. The minimum absolute atomic E-state index is 0.0757. The molecule has 1 aliphatic carbocycles. The van der Waals surface area contributed by atoms with Crippen molar-refractivity contribution >= 4 is 28.6 Å². The van der Waals surface area contributed by atoms with Crippen LogP contribution in [0, 0.1) is 6.92 Å². The molecule has 6 rings (SSSR count). The Hall–Kier alpha value is -3.79. The van der Waals surface area contributed by atoms with Gasteiger partial charge in [-0.05, 0) is 41.6 Å². The summed E-state index contributed by atoms with van der Waals surface area (Å²) in [6.45, 7) is 2.50. The predicted molar refractivity (Wildman–Crippen MR) is 145 cm³/mol. The molecule has 4 N–H and O–H groups in total. The zero-order valence-electron chi connectivity index (χ0n) is 20.7. The van der Waals surface area contributed by atoms with Crippen LogP contribution in [0.4, 0.5) is 5.82 Å². The maximum Gasteiger partial charge on any atom is 0.226 e. The van der Waals surface area contributed by atoms with Gasteiger partial charge in [-0.3, -0.25) is 5.10 Å². The van der Waals surface area contributed by atoms with E-state index in [1.165, 1.54) is 11.1 Å². The average molecular weight is 530 g/mol. The number of fused-ring (bicyclic) bond motifs is 1. The Kier molecular flexibility index (Phi) is 6.57. The van der Waals surface area contributed by atoms with Gasteiger partial charge in [-0.25, -0.2) is 4.98 Å². The third-order valence-electron chi connectivity index (χ3n) is 7.52. The number of nitrogens with one attached hydrogen (secondary N) is 2. The summed E-state index contributed by atoms with van der Waals surface area (Å²) in [5.41, 5.74) is 5.18. The second-order valence-corrected chi connectivity index (χ2v) is 10.1. The largest absolute Gasteiger partial charge is 0.390 e. The molecule has 0 spiro atoms. The standard InChI is InChI=1S/C28H28ClN7O2/c1-16-13-32-35-22(16)19-12-21(25(38)24(19)37)36-15-31-23-26(33-28(29)34-27(23)36)30-14-20(17-8-4-2-5-9-17)18-10-6-3-7-11-18/h2-11,13,15,19-21,24-25,37-38H,12,14H2,1H3,(H,32,35)(H,30,33,34)/t19-,21+,24+,25-/m0/s1. The lowest BCUT2D eigenvalue weighted by atomic mass is 9.91. The lowest BCUT2D eigenvalue weighted by Crippen LogP contribution is -2.29. The predicted octanol–water partition coefficient (Wildman–Crippen LogP) is 4.21. The van der Waals surface area contributed by atoms with Gasteiger partial charge >= 0.3 is 0 Å². The molecule has 1 fully saturated rings. The fraction of sp³-hybridized carbons (Fsp3) is 0.286. The zero-order chi connectivity index (χ0) is 26.2. The van der Waals surface area contributed by atoms with Crippen molar-refractivity contribution in [3.63, 3.8) is 0 Å². The van der Waals surface area contributed by atoms with Crippen LogP contribution >= 0.6 is 11.6 Å². The molecule has 5 aromatic rings. The Morgan fingerprint density at radius 3 is 2.34 bits per heavy atom. The van der Waals surface area contributed by atoms with E-state index in [-0.39, 0.29) is 17.1 Å². The van der Waals surface area contributed by atoms with Gasteiger partial charge in [0.05, 0.1) is 24.7 Å². The van der Waals surface area contributed by atoms with Crippen LogP contribution in [0.2, 0.25) is 5.28 Å². The van der Waals surface area contributed by atoms with Crippen molar-refractivity contribution in [1.29, 1.82) is 0 Å². The highest BCUT2D eigenvalue weighted by molar-refractivity contribution is 6.28. The van der Waals surface area contributed by atoms with Crippen molar-refractivity contribution in [2.45, 2.75) is 43.4 Å². The van der Waals surface area contributed by atoms with Crippen molar-refractivity contribution in [1.82, 2.24) is 29.7 Å². The Balaban J connectivity index is 1.31. The molecular formula is C28H28ClN7O2. The third kappa shape index (κ3) is 4.42. The molecule has 1 aliphatic rings. The van der Waals surface area contributed by atoms with Crippen LogP contribution in [0.3, 0.4) is 0 Å². The molecule has 194 valence electrons. The molecule has 0 aliphatic heterocycles. The number of aliphatic hydroxyl groups is 2.